The number of hydrogen-bond acceptors (Lipinski definition) is 6. The van der Waals surface area contributed by atoms with Gasteiger partial charge in [-0.15, -0.1) is 10.2 Å². The second-order valence-electron chi connectivity index (χ2n) is 7.36. The van der Waals surface area contributed by atoms with Gasteiger partial charge in [0.15, 0.2) is 5.16 Å². The summed E-state index contributed by atoms with van der Waals surface area (Å²) in [6.45, 7) is 2.39. The maximum atomic E-state index is 12.8. The SMILES string of the molecule is CC(Sc1nnc(C2CC2)n1Cc1ccccc1)C(=O)Nc1cc([N+](=O)[O-])ccc1Cl. The molecule has 8 nitrogen and oxygen atoms in total. The molecule has 2 aromatic carbocycles. The molecule has 1 atom stereocenters. The highest BCUT2D eigenvalue weighted by Crippen LogP contribution is 2.40. The molecular weight excluding hydrogens is 438 g/mol. The van der Waals surface area contributed by atoms with E-state index in [4.69, 9.17) is 11.6 Å². The molecule has 1 unspecified atom stereocenters. The molecule has 0 radical (unpaired) electrons. The van der Waals surface area contributed by atoms with Gasteiger partial charge < -0.3 is 9.88 Å². The highest BCUT2D eigenvalue weighted by Gasteiger charge is 2.31. The summed E-state index contributed by atoms with van der Waals surface area (Å²) in [6.07, 6.45) is 2.19. The third kappa shape index (κ3) is 5.05. The van der Waals surface area contributed by atoms with Crippen molar-refractivity contribution in [3.8, 4) is 0 Å². The van der Waals surface area contributed by atoms with Gasteiger partial charge >= 0.3 is 0 Å². The number of benzene rings is 2. The summed E-state index contributed by atoms with van der Waals surface area (Å²) in [5.41, 5.74) is 1.20. The molecule has 1 aromatic heterocycles. The lowest BCUT2D eigenvalue weighted by atomic mass is 10.2. The Bertz CT molecular complexity index is 1120. The molecule has 0 bridgehead atoms. The van der Waals surface area contributed by atoms with Crippen molar-refractivity contribution in [2.75, 3.05) is 5.32 Å². The van der Waals surface area contributed by atoms with Crippen LogP contribution in [0.15, 0.2) is 53.7 Å². The van der Waals surface area contributed by atoms with E-state index in [0.29, 0.717) is 17.6 Å². The molecule has 1 aliphatic rings. The average molecular weight is 458 g/mol. The summed E-state index contributed by atoms with van der Waals surface area (Å²) < 4.78 is 2.07. The van der Waals surface area contributed by atoms with E-state index in [-0.39, 0.29) is 22.3 Å². The van der Waals surface area contributed by atoms with Gasteiger partial charge in [-0.05, 0) is 31.4 Å². The molecule has 1 amide bonds. The number of thioether (sulfide) groups is 1. The van der Waals surface area contributed by atoms with Crippen LogP contribution < -0.4 is 5.32 Å². The Labute approximate surface area is 188 Å². The van der Waals surface area contributed by atoms with Crippen molar-refractivity contribution in [3.05, 3.63) is 75.1 Å². The number of anilines is 1. The first-order valence-electron chi connectivity index (χ1n) is 9.81. The van der Waals surface area contributed by atoms with Crippen molar-refractivity contribution in [1.82, 2.24) is 14.8 Å². The summed E-state index contributed by atoms with van der Waals surface area (Å²) in [5.74, 6) is 1.04. The molecule has 1 fully saturated rings. The molecule has 1 saturated carbocycles. The molecule has 1 aliphatic carbocycles. The van der Waals surface area contributed by atoms with Crippen molar-refractivity contribution in [2.45, 2.75) is 42.6 Å². The van der Waals surface area contributed by atoms with Gasteiger partial charge in [-0.25, -0.2) is 0 Å². The van der Waals surface area contributed by atoms with Crippen LogP contribution in [0.5, 0.6) is 0 Å². The van der Waals surface area contributed by atoms with Crippen LogP contribution in [0.2, 0.25) is 5.02 Å². The fraction of sp³-hybridized carbons (Fsp3) is 0.286. The Kier molecular flexibility index (Phi) is 6.24. The Balaban J connectivity index is 1.51. The first-order valence-corrected chi connectivity index (χ1v) is 11.1. The number of rotatable bonds is 8. The maximum Gasteiger partial charge on any atom is 0.271 e. The van der Waals surface area contributed by atoms with E-state index in [1.54, 1.807) is 6.92 Å². The number of nitro groups is 1. The minimum absolute atomic E-state index is 0.142. The van der Waals surface area contributed by atoms with Crippen LogP contribution in [0, 0.1) is 10.1 Å². The van der Waals surface area contributed by atoms with Crippen LogP contribution in [0.4, 0.5) is 11.4 Å². The summed E-state index contributed by atoms with van der Waals surface area (Å²) in [5, 5.41) is 22.8. The highest BCUT2D eigenvalue weighted by atomic mass is 35.5. The Morgan fingerprint density at radius 1 is 1.29 bits per heavy atom. The lowest BCUT2D eigenvalue weighted by Gasteiger charge is -2.14. The van der Waals surface area contributed by atoms with Gasteiger partial charge in [0.1, 0.15) is 5.82 Å². The standard InChI is InChI=1S/C21H20ClN5O3S/c1-13(20(28)23-18-11-16(27(29)30)9-10-17(18)22)31-21-25-24-19(15-7-8-15)26(21)12-14-5-3-2-4-6-14/h2-6,9-11,13,15H,7-8,12H2,1H3,(H,23,28). The molecule has 3 aromatic rings. The largest absolute Gasteiger partial charge is 0.324 e. The Hall–Kier alpha value is -2.91. The van der Waals surface area contributed by atoms with E-state index >= 15 is 0 Å². The van der Waals surface area contributed by atoms with Crippen molar-refractivity contribution in [2.24, 2.45) is 0 Å². The minimum atomic E-state index is -0.532. The molecule has 10 heteroatoms. The number of halogens is 1. The van der Waals surface area contributed by atoms with E-state index in [1.165, 1.54) is 30.0 Å². The van der Waals surface area contributed by atoms with Gasteiger partial charge in [0, 0.05) is 18.1 Å². The van der Waals surface area contributed by atoms with Gasteiger partial charge in [-0.1, -0.05) is 53.7 Å². The van der Waals surface area contributed by atoms with Gasteiger partial charge in [0.25, 0.3) is 5.69 Å². The molecule has 4 rings (SSSR count). The number of aromatic nitrogens is 3. The average Bonchev–Trinajstić information content (AvgIpc) is 3.53. The van der Waals surface area contributed by atoms with Crippen LogP contribution in [0.1, 0.15) is 37.1 Å². The molecule has 1 N–H and O–H groups in total. The first kappa shape index (κ1) is 21.3. The second-order valence-corrected chi connectivity index (χ2v) is 9.07. The quantitative estimate of drug-likeness (QED) is 0.293. The number of nitrogens with zero attached hydrogens (tertiary/aromatic N) is 4. The normalized spacial score (nSPS) is 14.3. The molecule has 1 heterocycles. The van der Waals surface area contributed by atoms with Crippen LogP contribution >= 0.6 is 23.4 Å². The summed E-state index contributed by atoms with van der Waals surface area (Å²) in [6, 6.07) is 14.0. The van der Waals surface area contributed by atoms with Crippen LogP contribution in [-0.2, 0) is 11.3 Å². The van der Waals surface area contributed by atoms with E-state index in [0.717, 1.165) is 24.2 Å². The number of nitro benzene ring substituents is 1. The zero-order valence-electron chi connectivity index (χ0n) is 16.7. The molecular formula is C21H20ClN5O3S. The smallest absolute Gasteiger partial charge is 0.271 e. The summed E-state index contributed by atoms with van der Waals surface area (Å²) >= 11 is 7.40. The second kappa shape index (κ2) is 9.07. The molecule has 31 heavy (non-hydrogen) atoms. The van der Waals surface area contributed by atoms with E-state index < -0.39 is 10.2 Å². The van der Waals surface area contributed by atoms with Crippen molar-refractivity contribution < 1.29 is 9.72 Å². The minimum Gasteiger partial charge on any atom is -0.324 e. The van der Waals surface area contributed by atoms with Crippen LogP contribution in [0.3, 0.4) is 0 Å². The monoisotopic (exact) mass is 457 g/mol. The number of carbonyl (C=O) groups is 1. The van der Waals surface area contributed by atoms with Gasteiger partial charge in [0.05, 0.1) is 27.4 Å². The van der Waals surface area contributed by atoms with Crippen molar-refractivity contribution in [3.63, 3.8) is 0 Å². The zero-order valence-corrected chi connectivity index (χ0v) is 18.3. The van der Waals surface area contributed by atoms with Crippen LogP contribution in [-0.4, -0.2) is 30.8 Å². The Morgan fingerprint density at radius 2 is 2.03 bits per heavy atom. The molecule has 0 saturated heterocycles. The summed E-state index contributed by atoms with van der Waals surface area (Å²) in [7, 11) is 0. The van der Waals surface area contributed by atoms with Crippen molar-refractivity contribution in [1.29, 1.82) is 0 Å². The fourth-order valence-corrected chi connectivity index (χ4v) is 4.13. The number of hydrogen-bond donors (Lipinski definition) is 1. The number of non-ortho nitro benzene ring substituents is 1. The van der Waals surface area contributed by atoms with Gasteiger partial charge in [-0.3, -0.25) is 14.9 Å². The van der Waals surface area contributed by atoms with Gasteiger partial charge in [0.2, 0.25) is 5.91 Å². The highest BCUT2D eigenvalue weighted by molar-refractivity contribution is 8.00. The Morgan fingerprint density at radius 3 is 2.71 bits per heavy atom. The predicted octanol–water partition coefficient (Wildman–Crippen LogP) is 4.88. The predicted molar refractivity (Wildman–Crippen MR) is 120 cm³/mol. The van der Waals surface area contributed by atoms with Crippen molar-refractivity contribution >= 4 is 40.6 Å². The van der Waals surface area contributed by atoms with Crippen LogP contribution in [0.25, 0.3) is 0 Å². The third-order valence-electron chi connectivity index (χ3n) is 4.94. The fourth-order valence-electron chi connectivity index (χ4n) is 3.11. The van der Waals surface area contributed by atoms with E-state index in [9.17, 15) is 14.9 Å². The number of amides is 1. The third-order valence-corrected chi connectivity index (χ3v) is 6.35. The number of carbonyl (C=O) groups excluding carboxylic acids is 1. The number of nitrogens with one attached hydrogen (secondary N) is 1. The summed E-state index contributed by atoms with van der Waals surface area (Å²) in [4.78, 5) is 23.2. The lowest BCUT2D eigenvalue weighted by Crippen LogP contribution is -2.23. The maximum absolute atomic E-state index is 12.8. The lowest BCUT2D eigenvalue weighted by molar-refractivity contribution is -0.384. The molecule has 160 valence electrons. The topological polar surface area (TPSA) is 103 Å². The van der Waals surface area contributed by atoms with E-state index in [2.05, 4.69) is 20.1 Å². The van der Waals surface area contributed by atoms with E-state index in [1.807, 2.05) is 30.3 Å². The first-order chi connectivity index (χ1) is 14.9. The van der Waals surface area contributed by atoms with Gasteiger partial charge in [-0.2, -0.15) is 0 Å². The molecule has 0 spiro atoms. The molecule has 0 aliphatic heterocycles. The zero-order chi connectivity index (χ0) is 22.0.